The summed E-state index contributed by atoms with van der Waals surface area (Å²) in [6.45, 7) is 3.75. The Bertz CT molecular complexity index is 2630. The van der Waals surface area contributed by atoms with E-state index < -0.39 is 24.5 Å². The number of ketones is 1. The van der Waals surface area contributed by atoms with Crippen molar-refractivity contribution in [3.63, 3.8) is 0 Å². The van der Waals surface area contributed by atoms with Crippen LogP contribution in [0.25, 0.3) is 0 Å². The second-order valence-electron chi connectivity index (χ2n) is 17.7. The number of benzene rings is 5. The summed E-state index contributed by atoms with van der Waals surface area (Å²) in [7, 11) is 6.41. The molecule has 3 amide bonds. The van der Waals surface area contributed by atoms with Gasteiger partial charge in [0.2, 0.25) is 5.91 Å². The van der Waals surface area contributed by atoms with Crippen molar-refractivity contribution in [1.29, 1.82) is 0 Å². The topological polar surface area (TPSA) is 188 Å². The summed E-state index contributed by atoms with van der Waals surface area (Å²) in [6.07, 6.45) is 1.22. The standard InChI is InChI=1S/C52H55N5O10S2/c1-29(58)15-16-30(2)69-68-17-9-14-48(59)53-35-19-31(27-66-46-25-38-36(23-44(46)64-3)51(62)56-40-12-7-5-10-33(40)21-42(56)49(60)54-38)18-32(20-35)28-67-47-26-39-37(24-45(47)65-4)52(63)57-41-13-8-6-11-34(41)22-43(57)50(61)55-39/h5-8,10-13,18-20,23-26,30,42-43,49-50,54-55,60-61H,9,14-17,21-22,27-28H2,1-4H3,(H,53,59)/t30?,42-,43-,49?,50?/m0/s1. The number of hydrogen-bond donors (Lipinski definition) is 5. The molecule has 17 heteroatoms. The number of methoxy groups -OCH3 is 2. The minimum absolute atomic E-state index is 0.0209. The predicted molar refractivity (Wildman–Crippen MR) is 269 cm³/mol. The first kappa shape index (κ1) is 47.7. The lowest BCUT2D eigenvalue weighted by atomic mass is 10.1. The van der Waals surface area contributed by atoms with Gasteiger partial charge in [0.1, 0.15) is 31.5 Å². The van der Waals surface area contributed by atoms with E-state index in [1.807, 2.05) is 66.7 Å². The summed E-state index contributed by atoms with van der Waals surface area (Å²) >= 11 is 0. The van der Waals surface area contributed by atoms with Gasteiger partial charge in [0.25, 0.3) is 11.8 Å². The van der Waals surface area contributed by atoms with Crippen LogP contribution in [0.15, 0.2) is 91.0 Å². The Morgan fingerprint density at radius 3 is 1.72 bits per heavy atom. The number of rotatable bonds is 18. The Hall–Kier alpha value is -6.40. The zero-order valence-electron chi connectivity index (χ0n) is 38.8. The first-order valence-corrected chi connectivity index (χ1v) is 25.4. The number of carbonyl (C=O) groups is 4. The molecular formula is C52H55N5O10S2. The van der Waals surface area contributed by atoms with Gasteiger partial charge in [0, 0.05) is 53.0 Å². The van der Waals surface area contributed by atoms with E-state index in [9.17, 15) is 29.4 Å². The molecule has 360 valence electrons. The second kappa shape index (κ2) is 20.7. The molecule has 5 N–H and O–H groups in total. The Labute approximate surface area is 408 Å². The van der Waals surface area contributed by atoms with Crippen molar-refractivity contribution in [2.24, 2.45) is 0 Å². The summed E-state index contributed by atoms with van der Waals surface area (Å²) < 4.78 is 24.3. The van der Waals surface area contributed by atoms with Crippen molar-refractivity contribution in [1.82, 2.24) is 0 Å². The van der Waals surface area contributed by atoms with Gasteiger partial charge in [0.05, 0.1) is 48.8 Å². The SMILES string of the molecule is COc1cc2c(cc1OCc1cc(COc3cc4c(cc3OC)C(=O)N3c5ccccc5C[C@H]3C(O)N4)cc(NC(=O)CCCSSC(C)CCC(C)=O)c1)NC(O)[C@@H]1Cc3ccccc3N1C2=O. The second-order valence-corrected chi connectivity index (χ2v) is 20.6. The summed E-state index contributed by atoms with van der Waals surface area (Å²) in [4.78, 5) is 56.2. The first-order valence-electron chi connectivity index (χ1n) is 23.0. The highest BCUT2D eigenvalue weighted by molar-refractivity contribution is 8.76. The van der Waals surface area contributed by atoms with E-state index in [1.165, 1.54) is 14.2 Å². The van der Waals surface area contributed by atoms with Crippen molar-refractivity contribution in [3.05, 3.63) is 124 Å². The number of ether oxygens (including phenoxy) is 4. The Kier molecular flexibility index (Phi) is 14.3. The van der Waals surface area contributed by atoms with Crippen molar-refractivity contribution in [3.8, 4) is 23.0 Å². The van der Waals surface area contributed by atoms with E-state index >= 15 is 0 Å². The first-order chi connectivity index (χ1) is 33.4. The fraction of sp³-hybridized carbons (Fsp3) is 0.346. The van der Waals surface area contributed by atoms with E-state index in [0.717, 1.165) is 34.7 Å². The van der Waals surface area contributed by atoms with Gasteiger partial charge in [-0.3, -0.25) is 14.4 Å². The van der Waals surface area contributed by atoms with Crippen molar-refractivity contribution < 1.29 is 48.3 Å². The van der Waals surface area contributed by atoms with Gasteiger partial charge in [-0.1, -0.05) is 64.9 Å². The number of nitrogens with zero attached hydrogens (tertiary/aromatic N) is 2. The van der Waals surface area contributed by atoms with Crippen LogP contribution >= 0.6 is 21.6 Å². The van der Waals surface area contributed by atoms with E-state index in [-0.39, 0.29) is 36.7 Å². The fourth-order valence-electron chi connectivity index (χ4n) is 9.34. The fourth-order valence-corrected chi connectivity index (χ4v) is 11.8. The molecular weight excluding hydrogens is 919 g/mol. The summed E-state index contributed by atoms with van der Waals surface area (Å²) in [6, 6.07) is 26.3. The maximum atomic E-state index is 14.1. The number of carbonyl (C=O) groups excluding carboxylic acids is 4. The summed E-state index contributed by atoms with van der Waals surface area (Å²) in [5, 5.41) is 32.4. The molecule has 9 rings (SSSR count). The van der Waals surface area contributed by atoms with Crippen LogP contribution in [-0.2, 0) is 35.6 Å². The van der Waals surface area contributed by atoms with Gasteiger partial charge in [-0.2, -0.15) is 0 Å². The lowest BCUT2D eigenvalue weighted by Gasteiger charge is -2.26. The van der Waals surface area contributed by atoms with Gasteiger partial charge < -0.3 is 59.7 Å². The molecule has 3 unspecified atom stereocenters. The van der Waals surface area contributed by atoms with E-state index in [2.05, 4.69) is 22.9 Å². The van der Waals surface area contributed by atoms with Gasteiger partial charge in [-0.05, 0) is 97.3 Å². The van der Waals surface area contributed by atoms with Crippen LogP contribution in [0.1, 0.15) is 82.5 Å². The maximum Gasteiger partial charge on any atom is 0.260 e. The summed E-state index contributed by atoms with van der Waals surface area (Å²) in [5.74, 6) is 1.54. The lowest BCUT2D eigenvalue weighted by Crippen LogP contribution is -2.45. The molecule has 5 aromatic rings. The number of aliphatic hydroxyl groups is 2. The largest absolute Gasteiger partial charge is 0.493 e. The molecule has 0 saturated carbocycles. The van der Waals surface area contributed by atoms with E-state index in [1.54, 1.807) is 62.6 Å². The molecule has 0 fully saturated rings. The molecule has 0 bridgehead atoms. The maximum absolute atomic E-state index is 14.1. The Balaban J connectivity index is 0.942. The van der Waals surface area contributed by atoms with Crippen LogP contribution in [0.2, 0.25) is 0 Å². The van der Waals surface area contributed by atoms with Crippen LogP contribution in [0.4, 0.5) is 28.4 Å². The number of hydrogen-bond acceptors (Lipinski definition) is 14. The molecule has 0 aliphatic carbocycles. The molecule has 0 saturated heterocycles. The molecule has 15 nitrogen and oxygen atoms in total. The third kappa shape index (κ3) is 10.2. The van der Waals surface area contributed by atoms with Crippen molar-refractivity contribution in [2.45, 2.75) is 95.4 Å². The quantitative estimate of drug-likeness (QED) is 0.0416. The van der Waals surface area contributed by atoms with Crippen molar-refractivity contribution >= 4 is 73.5 Å². The van der Waals surface area contributed by atoms with E-state index in [0.29, 0.717) is 99.7 Å². The molecule has 0 radical (unpaired) electrons. The molecule has 4 heterocycles. The zero-order chi connectivity index (χ0) is 48.3. The zero-order valence-corrected chi connectivity index (χ0v) is 40.4. The number of nitrogens with one attached hydrogen (secondary N) is 3. The Morgan fingerprint density at radius 2 is 1.23 bits per heavy atom. The minimum Gasteiger partial charge on any atom is -0.493 e. The average molecular weight is 974 g/mol. The third-order valence-corrected chi connectivity index (χ3v) is 15.8. The smallest absolute Gasteiger partial charge is 0.260 e. The average Bonchev–Trinajstić information content (AvgIpc) is 3.89. The van der Waals surface area contributed by atoms with Crippen molar-refractivity contribution in [2.75, 3.05) is 45.7 Å². The number of fused-ring (bicyclic) bond motifs is 8. The number of amides is 3. The summed E-state index contributed by atoms with van der Waals surface area (Å²) in [5.41, 5.74) is 6.82. The monoisotopic (exact) mass is 973 g/mol. The van der Waals surface area contributed by atoms with Crippen LogP contribution in [0.3, 0.4) is 0 Å². The van der Waals surface area contributed by atoms with Crippen LogP contribution in [0, 0.1) is 0 Å². The number of anilines is 5. The van der Waals surface area contributed by atoms with Gasteiger partial charge in [-0.25, -0.2) is 0 Å². The molecule has 4 aliphatic heterocycles. The van der Waals surface area contributed by atoms with Gasteiger partial charge in [0.15, 0.2) is 23.0 Å². The van der Waals surface area contributed by atoms with Crippen LogP contribution in [-0.4, -0.2) is 83.5 Å². The third-order valence-electron chi connectivity index (χ3n) is 12.8. The normalized spacial score (nSPS) is 19.0. The minimum atomic E-state index is -1.06. The molecule has 0 aromatic heterocycles. The molecule has 69 heavy (non-hydrogen) atoms. The number of para-hydroxylation sites is 2. The molecule has 4 aliphatic rings. The predicted octanol–water partition coefficient (Wildman–Crippen LogP) is 8.35. The highest BCUT2D eigenvalue weighted by atomic mass is 33.1. The lowest BCUT2D eigenvalue weighted by molar-refractivity contribution is -0.117. The number of aliphatic hydroxyl groups excluding tert-OH is 2. The number of Topliss-reactive ketones (excluding diaryl/α,β-unsaturated/α-hetero) is 1. The van der Waals surface area contributed by atoms with E-state index in [4.69, 9.17) is 18.9 Å². The van der Waals surface area contributed by atoms with Gasteiger partial charge in [-0.15, -0.1) is 0 Å². The van der Waals surface area contributed by atoms with Gasteiger partial charge >= 0.3 is 0 Å². The Morgan fingerprint density at radius 1 is 0.725 bits per heavy atom. The molecule has 5 atom stereocenters. The van der Waals surface area contributed by atoms with Crippen LogP contribution in [0.5, 0.6) is 23.0 Å². The highest BCUT2D eigenvalue weighted by Gasteiger charge is 2.43. The molecule has 5 aromatic carbocycles. The van der Waals surface area contributed by atoms with Crippen LogP contribution < -0.4 is 44.7 Å². The molecule has 0 spiro atoms. The highest BCUT2D eigenvalue weighted by Crippen LogP contribution is 2.44.